The molecule has 0 spiro atoms. The molecule has 5 saturated carbocycles. The normalized spacial score (nSPS) is 58.1. The van der Waals surface area contributed by atoms with Crippen molar-refractivity contribution in [2.45, 2.75) is 156 Å². The Labute approximate surface area is 249 Å². The number of fused-ring (bicyclic) bond motifs is 7. The maximum absolute atomic E-state index is 10.7. The fourth-order valence-corrected chi connectivity index (χ4v) is 13.0. The van der Waals surface area contributed by atoms with E-state index in [1.165, 1.54) is 56.9 Å². The van der Waals surface area contributed by atoms with Gasteiger partial charge in [0.05, 0.1) is 12.2 Å². The molecule has 0 bridgehead atoms. The summed E-state index contributed by atoms with van der Waals surface area (Å²) in [7, 11) is 0. The van der Waals surface area contributed by atoms with Gasteiger partial charge >= 0.3 is 0 Å². The molecule has 0 radical (unpaired) electrons. The number of rotatable bonds is 3. The molecule has 15 atom stereocenters. The highest BCUT2D eigenvalue weighted by molar-refractivity contribution is 5.21. The number of aliphatic hydroxyl groups is 3. The van der Waals surface area contributed by atoms with E-state index < -0.39 is 30.7 Å². The van der Waals surface area contributed by atoms with Crippen molar-refractivity contribution in [3.05, 3.63) is 12.2 Å². The van der Waals surface area contributed by atoms with Crippen molar-refractivity contribution in [1.29, 1.82) is 0 Å². The Balaban J connectivity index is 1.26. The van der Waals surface area contributed by atoms with Crippen LogP contribution in [0.3, 0.4) is 0 Å². The van der Waals surface area contributed by atoms with E-state index in [1.54, 1.807) is 6.92 Å². The van der Waals surface area contributed by atoms with Crippen LogP contribution in [-0.2, 0) is 9.47 Å². The number of ether oxygens (including phenoxy) is 2. The first-order chi connectivity index (χ1) is 19.0. The first kappa shape index (κ1) is 30.6. The highest BCUT2D eigenvalue weighted by Crippen LogP contribution is 2.77. The van der Waals surface area contributed by atoms with Gasteiger partial charge in [-0.15, -0.1) is 0 Å². The van der Waals surface area contributed by atoms with Crippen LogP contribution in [-0.4, -0.2) is 52.1 Å². The molecule has 6 aliphatic rings. The van der Waals surface area contributed by atoms with Crippen molar-refractivity contribution >= 4 is 0 Å². The summed E-state index contributed by atoms with van der Waals surface area (Å²) in [6.07, 6.45) is 7.59. The lowest BCUT2D eigenvalue weighted by molar-refractivity contribution is -0.326. The molecule has 41 heavy (non-hydrogen) atoms. The second kappa shape index (κ2) is 9.77. The van der Waals surface area contributed by atoms with Gasteiger partial charge in [0.2, 0.25) is 0 Å². The molecule has 0 aromatic rings. The van der Waals surface area contributed by atoms with E-state index >= 15 is 0 Å². The van der Waals surface area contributed by atoms with Crippen LogP contribution >= 0.6 is 0 Å². The third-order valence-electron chi connectivity index (χ3n) is 15.5. The Morgan fingerprint density at radius 1 is 0.756 bits per heavy atom. The molecular weight excluding hydrogens is 512 g/mol. The van der Waals surface area contributed by atoms with Crippen molar-refractivity contribution < 1.29 is 24.8 Å². The topological polar surface area (TPSA) is 79.2 Å². The molecule has 6 rings (SSSR count). The minimum absolute atomic E-state index is 0.0589. The maximum atomic E-state index is 10.7. The molecule has 234 valence electrons. The standard InChI is InChI=1S/C36H60O5/c1-20(2)22-12-15-33(6)18-19-35(8)23(27(22)33)10-11-25-34(7)16-14-26(32(4,5)24(34)13-17-36(25,35)9)41-31-30(39)29(38)28(37)21(3)40-31/h21-31,37-39H,1,10-19H2,2-9H3. The van der Waals surface area contributed by atoms with E-state index in [0.717, 1.165) is 24.7 Å². The van der Waals surface area contributed by atoms with Crippen LogP contribution < -0.4 is 0 Å². The fourth-order valence-electron chi connectivity index (χ4n) is 13.0. The van der Waals surface area contributed by atoms with Gasteiger partial charge in [-0.3, -0.25) is 0 Å². The summed E-state index contributed by atoms with van der Waals surface area (Å²) in [5.74, 6) is 3.53. The Hall–Kier alpha value is -0.460. The largest absolute Gasteiger partial charge is 0.388 e. The molecule has 6 fully saturated rings. The van der Waals surface area contributed by atoms with Gasteiger partial charge in [0.25, 0.3) is 0 Å². The van der Waals surface area contributed by atoms with E-state index in [2.05, 4.69) is 55.0 Å². The van der Waals surface area contributed by atoms with Crippen LogP contribution in [0.25, 0.3) is 0 Å². The summed E-state index contributed by atoms with van der Waals surface area (Å²) in [4.78, 5) is 0. The summed E-state index contributed by atoms with van der Waals surface area (Å²) in [6, 6.07) is 0. The second-order valence-corrected chi connectivity index (χ2v) is 17.5. The first-order valence-electron chi connectivity index (χ1n) is 17.0. The van der Waals surface area contributed by atoms with Gasteiger partial charge in [-0.2, -0.15) is 0 Å². The van der Waals surface area contributed by atoms with Crippen LogP contribution in [0.4, 0.5) is 0 Å². The Bertz CT molecular complexity index is 1040. The van der Waals surface area contributed by atoms with Crippen LogP contribution in [0.1, 0.15) is 120 Å². The number of hydrogen-bond acceptors (Lipinski definition) is 5. The van der Waals surface area contributed by atoms with Gasteiger partial charge in [-0.05, 0) is 135 Å². The Morgan fingerprint density at radius 2 is 1.46 bits per heavy atom. The Kier molecular flexibility index (Phi) is 7.28. The van der Waals surface area contributed by atoms with Gasteiger partial charge in [0.15, 0.2) is 6.29 Å². The predicted octanol–water partition coefficient (Wildman–Crippen LogP) is 6.88. The van der Waals surface area contributed by atoms with E-state index in [1.807, 2.05) is 0 Å². The average Bonchev–Trinajstić information content (AvgIpc) is 3.25. The van der Waals surface area contributed by atoms with Crippen LogP contribution in [0.15, 0.2) is 12.2 Å². The molecule has 0 aromatic heterocycles. The van der Waals surface area contributed by atoms with Gasteiger partial charge in [-0.1, -0.05) is 53.7 Å². The van der Waals surface area contributed by atoms with Gasteiger partial charge in [0.1, 0.15) is 18.3 Å². The minimum Gasteiger partial charge on any atom is -0.388 e. The zero-order chi connectivity index (χ0) is 29.9. The molecule has 3 N–H and O–H groups in total. The van der Waals surface area contributed by atoms with E-state index in [9.17, 15) is 15.3 Å². The van der Waals surface area contributed by atoms with Crippen LogP contribution in [0.5, 0.6) is 0 Å². The summed E-state index contributed by atoms with van der Waals surface area (Å²) in [5.41, 5.74) is 2.80. The van der Waals surface area contributed by atoms with Crippen molar-refractivity contribution in [3.63, 3.8) is 0 Å². The molecule has 15 unspecified atom stereocenters. The SMILES string of the molecule is C=C(C)C1CCC2(C)CCC3(C)C(CCC4C5(C)CCC(OC6OC(C)C(O)C(O)C6O)C(C)(C)C5CCC43C)C12. The zero-order valence-corrected chi connectivity index (χ0v) is 27.3. The molecule has 0 amide bonds. The van der Waals surface area contributed by atoms with E-state index in [-0.39, 0.29) is 16.9 Å². The third-order valence-corrected chi connectivity index (χ3v) is 15.5. The summed E-state index contributed by atoms with van der Waals surface area (Å²) < 4.78 is 12.4. The molecular formula is C36H60O5. The smallest absolute Gasteiger partial charge is 0.186 e. The third kappa shape index (κ3) is 4.10. The van der Waals surface area contributed by atoms with Crippen molar-refractivity contribution in [3.8, 4) is 0 Å². The van der Waals surface area contributed by atoms with Crippen molar-refractivity contribution in [2.24, 2.45) is 56.7 Å². The molecule has 5 heteroatoms. The summed E-state index contributed by atoms with van der Waals surface area (Å²) in [6.45, 7) is 23.9. The van der Waals surface area contributed by atoms with Gasteiger partial charge < -0.3 is 24.8 Å². The number of allylic oxidation sites excluding steroid dienone is 1. The predicted molar refractivity (Wildman–Crippen MR) is 162 cm³/mol. The zero-order valence-electron chi connectivity index (χ0n) is 27.3. The first-order valence-corrected chi connectivity index (χ1v) is 17.0. The molecule has 0 aromatic carbocycles. The lowest BCUT2D eigenvalue weighted by Crippen LogP contribution is -2.67. The summed E-state index contributed by atoms with van der Waals surface area (Å²) in [5, 5.41) is 31.3. The van der Waals surface area contributed by atoms with Gasteiger partial charge in [-0.25, -0.2) is 0 Å². The van der Waals surface area contributed by atoms with Crippen LogP contribution in [0.2, 0.25) is 0 Å². The summed E-state index contributed by atoms with van der Waals surface area (Å²) >= 11 is 0. The number of hydrogen-bond donors (Lipinski definition) is 3. The van der Waals surface area contributed by atoms with Crippen LogP contribution in [0, 0.1) is 56.7 Å². The van der Waals surface area contributed by atoms with E-state index in [0.29, 0.717) is 34.0 Å². The quantitative estimate of drug-likeness (QED) is 0.254. The highest BCUT2D eigenvalue weighted by atomic mass is 16.7. The molecule has 5 aliphatic carbocycles. The fraction of sp³-hybridized carbons (Fsp3) is 0.944. The average molecular weight is 573 g/mol. The Morgan fingerprint density at radius 3 is 2.15 bits per heavy atom. The number of aliphatic hydroxyl groups excluding tert-OH is 3. The monoisotopic (exact) mass is 572 g/mol. The highest BCUT2D eigenvalue weighted by Gasteiger charge is 2.70. The lowest BCUT2D eigenvalue weighted by atomic mass is 9.32. The molecule has 1 heterocycles. The van der Waals surface area contributed by atoms with Crippen molar-refractivity contribution in [2.75, 3.05) is 0 Å². The maximum Gasteiger partial charge on any atom is 0.186 e. The minimum atomic E-state index is -1.26. The van der Waals surface area contributed by atoms with Gasteiger partial charge in [0, 0.05) is 0 Å². The second-order valence-electron chi connectivity index (χ2n) is 17.5. The lowest BCUT2D eigenvalue weighted by Gasteiger charge is -2.73. The molecule has 5 nitrogen and oxygen atoms in total. The van der Waals surface area contributed by atoms with E-state index in [4.69, 9.17) is 9.47 Å². The molecule has 1 saturated heterocycles. The molecule has 1 aliphatic heterocycles. The van der Waals surface area contributed by atoms with Crippen molar-refractivity contribution in [1.82, 2.24) is 0 Å².